The number of hydrogen-bond donors (Lipinski definition) is 0. The molecule has 0 amide bonds. The number of anilines is 1. The molecule has 0 aliphatic carbocycles. The monoisotopic (exact) mass is 348 g/mol. The van der Waals surface area contributed by atoms with Crippen molar-refractivity contribution >= 4 is 5.82 Å². The first-order valence-corrected chi connectivity index (χ1v) is 9.13. The van der Waals surface area contributed by atoms with Crippen molar-refractivity contribution < 1.29 is 0 Å². The first-order chi connectivity index (χ1) is 12.8. The lowest BCUT2D eigenvalue weighted by Crippen LogP contribution is -2.47. The summed E-state index contributed by atoms with van der Waals surface area (Å²) in [4.78, 5) is 18.0. The van der Waals surface area contributed by atoms with Crippen molar-refractivity contribution in [2.24, 2.45) is 0 Å². The number of aromatic nitrogens is 4. The molecular weight excluding hydrogens is 324 g/mol. The van der Waals surface area contributed by atoms with Crippen LogP contribution < -0.4 is 4.90 Å². The normalized spacial score (nSPS) is 15.3. The third-order valence-corrected chi connectivity index (χ3v) is 4.97. The van der Waals surface area contributed by atoms with E-state index in [1.807, 2.05) is 23.8 Å². The van der Waals surface area contributed by atoms with Gasteiger partial charge < -0.3 is 4.90 Å². The van der Waals surface area contributed by atoms with E-state index in [9.17, 15) is 0 Å². The van der Waals surface area contributed by atoms with Gasteiger partial charge in [-0.1, -0.05) is 30.3 Å². The molecule has 0 N–H and O–H groups in total. The van der Waals surface area contributed by atoms with Crippen LogP contribution in [0.2, 0.25) is 0 Å². The summed E-state index contributed by atoms with van der Waals surface area (Å²) in [6, 6.07) is 12.8. The van der Waals surface area contributed by atoms with Crippen LogP contribution in [0.1, 0.15) is 11.4 Å². The van der Waals surface area contributed by atoms with Crippen molar-refractivity contribution in [3.63, 3.8) is 0 Å². The molecule has 1 aromatic carbocycles. The summed E-state index contributed by atoms with van der Waals surface area (Å²) in [5, 5.41) is 0. The van der Waals surface area contributed by atoms with Gasteiger partial charge in [0.05, 0.1) is 0 Å². The van der Waals surface area contributed by atoms with Gasteiger partial charge in [0.15, 0.2) is 0 Å². The van der Waals surface area contributed by atoms with E-state index < -0.39 is 0 Å². The molecule has 1 fully saturated rings. The van der Waals surface area contributed by atoms with Gasteiger partial charge in [0.25, 0.3) is 0 Å². The lowest BCUT2D eigenvalue weighted by Gasteiger charge is -2.35. The standard InChI is InChI=1S/C20H24N6/c1-17-21-8-10-26(17)20-15-19(22-16-23-20)25-13-11-24(12-14-25)9-7-18-5-3-2-4-6-18/h2-6,8,10,15-16H,7,9,11-14H2,1H3. The largest absolute Gasteiger partial charge is 0.354 e. The first-order valence-electron chi connectivity index (χ1n) is 9.13. The predicted octanol–water partition coefficient (Wildman–Crippen LogP) is 2.34. The van der Waals surface area contributed by atoms with Crippen LogP contribution >= 0.6 is 0 Å². The van der Waals surface area contributed by atoms with Gasteiger partial charge in [0.2, 0.25) is 0 Å². The Bertz CT molecular complexity index is 836. The van der Waals surface area contributed by atoms with Gasteiger partial charge in [-0.2, -0.15) is 0 Å². The summed E-state index contributed by atoms with van der Waals surface area (Å²) in [5.74, 6) is 2.79. The van der Waals surface area contributed by atoms with Gasteiger partial charge in [-0.05, 0) is 18.9 Å². The molecule has 26 heavy (non-hydrogen) atoms. The highest BCUT2D eigenvalue weighted by atomic mass is 15.3. The highest BCUT2D eigenvalue weighted by Gasteiger charge is 2.18. The second-order valence-electron chi connectivity index (χ2n) is 6.64. The van der Waals surface area contributed by atoms with E-state index in [2.05, 4.69) is 55.1 Å². The SMILES string of the molecule is Cc1nccn1-c1cc(N2CCN(CCc3ccccc3)CC2)ncn1. The van der Waals surface area contributed by atoms with E-state index in [-0.39, 0.29) is 0 Å². The lowest BCUT2D eigenvalue weighted by atomic mass is 10.1. The van der Waals surface area contributed by atoms with Gasteiger partial charge in [0.1, 0.15) is 23.8 Å². The number of piperazine rings is 1. The second-order valence-corrected chi connectivity index (χ2v) is 6.64. The average Bonchev–Trinajstić information content (AvgIpc) is 3.14. The number of imidazole rings is 1. The minimum atomic E-state index is 0.872. The maximum atomic E-state index is 4.48. The molecule has 3 heterocycles. The smallest absolute Gasteiger partial charge is 0.143 e. The maximum Gasteiger partial charge on any atom is 0.143 e. The van der Waals surface area contributed by atoms with Crippen molar-refractivity contribution in [2.45, 2.75) is 13.3 Å². The molecule has 1 saturated heterocycles. The molecule has 0 bridgehead atoms. The third kappa shape index (κ3) is 3.75. The minimum Gasteiger partial charge on any atom is -0.354 e. The average molecular weight is 348 g/mol. The number of hydrogen-bond acceptors (Lipinski definition) is 5. The Labute approximate surface area is 154 Å². The van der Waals surface area contributed by atoms with E-state index in [0.717, 1.165) is 56.6 Å². The first kappa shape index (κ1) is 16.7. The number of nitrogens with zero attached hydrogens (tertiary/aromatic N) is 6. The molecule has 6 heteroatoms. The van der Waals surface area contributed by atoms with E-state index in [0.29, 0.717) is 0 Å². The summed E-state index contributed by atoms with van der Waals surface area (Å²) >= 11 is 0. The highest BCUT2D eigenvalue weighted by Crippen LogP contribution is 2.17. The molecule has 134 valence electrons. The molecule has 0 spiro atoms. The van der Waals surface area contributed by atoms with Gasteiger partial charge in [-0.25, -0.2) is 15.0 Å². The van der Waals surface area contributed by atoms with Crippen LogP contribution in [0.15, 0.2) is 55.1 Å². The molecule has 4 rings (SSSR count). The Morgan fingerprint density at radius 1 is 0.923 bits per heavy atom. The van der Waals surface area contributed by atoms with E-state index in [1.165, 1.54) is 5.56 Å². The molecule has 3 aromatic rings. The fourth-order valence-corrected chi connectivity index (χ4v) is 3.39. The van der Waals surface area contributed by atoms with Crippen LogP contribution in [0.3, 0.4) is 0 Å². The van der Waals surface area contributed by atoms with Crippen LogP contribution in [0, 0.1) is 6.92 Å². The van der Waals surface area contributed by atoms with Crippen molar-refractivity contribution in [3.05, 3.63) is 66.5 Å². The summed E-state index contributed by atoms with van der Waals surface area (Å²) in [7, 11) is 0. The molecule has 0 unspecified atom stereocenters. The number of aryl methyl sites for hydroxylation is 1. The van der Waals surface area contributed by atoms with E-state index >= 15 is 0 Å². The topological polar surface area (TPSA) is 50.1 Å². The van der Waals surface area contributed by atoms with Crippen molar-refractivity contribution in [2.75, 3.05) is 37.6 Å². The van der Waals surface area contributed by atoms with Crippen LogP contribution in [-0.4, -0.2) is 57.1 Å². The fraction of sp³-hybridized carbons (Fsp3) is 0.350. The fourth-order valence-electron chi connectivity index (χ4n) is 3.39. The summed E-state index contributed by atoms with van der Waals surface area (Å²) in [6.07, 6.45) is 6.48. The second kappa shape index (κ2) is 7.66. The van der Waals surface area contributed by atoms with Crippen LogP contribution in [0.25, 0.3) is 5.82 Å². The summed E-state index contributed by atoms with van der Waals surface area (Å²) < 4.78 is 1.99. The highest BCUT2D eigenvalue weighted by molar-refractivity contribution is 5.44. The Kier molecular flexibility index (Phi) is 4.93. The van der Waals surface area contributed by atoms with E-state index in [1.54, 1.807) is 12.5 Å². The van der Waals surface area contributed by atoms with Crippen LogP contribution in [-0.2, 0) is 6.42 Å². The van der Waals surface area contributed by atoms with Gasteiger partial charge in [-0.3, -0.25) is 9.47 Å². The molecule has 1 aliphatic heterocycles. The third-order valence-electron chi connectivity index (χ3n) is 4.97. The molecule has 1 aliphatic rings. The minimum absolute atomic E-state index is 0.872. The van der Waals surface area contributed by atoms with Crippen LogP contribution in [0.5, 0.6) is 0 Å². The maximum absolute atomic E-state index is 4.48. The number of benzene rings is 1. The van der Waals surface area contributed by atoms with Gasteiger partial charge >= 0.3 is 0 Å². The Morgan fingerprint density at radius 3 is 2.42 bits per heavy atom. The van der Waals surface area contributed by atoms with E-state index in [4.69, 9.17) is 0 Å². The van der Waals surface area contributed by atoms with Crippen molar-refractivity contribution in [3.8, 4) is 5.82 Å². The molecule has 0 saturated carbocycles. The zero-order valence-electron chi connectivity index (χ0n) is 15.1. The lowest BCUT2D eigenvalue weighted by molar-refractivity contribution is 0.260. The van der Waals surface area contributed by atoms with Gasteiger partial charge in [-0.15, -0.1) is 0 Å². The molecular formula is C20H24N6. The Hall–Kier alpha value is -2.73. The van der Waals surface area contributed by atoms with Crippen molar-refractivity contribution in [1.29, 1.82) is 0 Å². The molecule has 6 nitrogen and oxygen atoms in total. The Morgan fingerprint density at radius 2 is 1.69 bits per heavy atom. The molecule has 0 atom stereocenters. The van der Waals surface area contributed by atoms with Crippen LogP contribution in [0.4, 0.5) is 5.82 Å². The predicted molar refractivity (Wildman–Crippen MR) is 103 cm³/mol. The number of rotatable bonds is 5. The summed E-state index contributed by atoms with van der Waals surface area (Å²) in [5.41, 5.74) is 1.41. The molecule has 0 radical (unpaired) electrons. The van der Waals surface area contributed by atoms with Gasteiger partial charge in [0, 0.05) is 51.2 Å². The Balaban J connectivity index is 1.35. The quantitative estimate of drug-likeness (QED) is 0.708. The zero-order chi connectivity index (χ0) is 17.8. The van der Waals surface area contributed by atoms with Crippen molar-refractivity contribution in [1.82, 2.24) is 24.4 Å². The molecule has 2 aromatic heterocycles. The zero-order valence-corrected chi connectivity index (χ0v) is 15.1. The summed E-state index contributed by atoms with van der Waals surface area (Å²) in [6.45, 7) is 7.21.